The van der Waals surface area contributed by atoms with Gasteiger partial charge in [-0.2, -0.15) is 0 Å². The fourth-order valence-electron chi connectivity index (χ4n) is 2.56. The first-order valence-electron chi connectivity index (χ1n) is 5.72. The Bertz CT molecular complexity index is 195. The standard InChI is InChI=1S/C12H20O/c1-2-3-8-12-11-7-5-4-6-10(11)9-13-12/h6,11-12H,2-5,7-9H2,1H3. The van der Waals surface area contributed by atoms with E-state index in [9.17, 15) is 0 Å². The number of allylic oxidation sites excluding steroid dienone is 1. The Kier molecular flexibility index (Phi) is 3.05. The van der Waals surface area contributed by atoms with Crippen molar-refractivity contribution in [1.29, 1.82) is 0 Å². The molecule has 0 saturated carbocycles. The van der Waals surface area contributed by atoms with E-state index < -0.39 is 0 Å². The fraction of sp³-hybridized carbons (Fsp3) is 0.833. The van der Waals surface area contributed by atoms with Crippen molar-refractivity contribution in [2.45, 2.75) is 51.6 Å². The normalized spacial score (nSPS) is 32.8. The van der Waals surface area contributed by atoms with Crippen LogP contribution in [0.5, 0.6) is 0 Å². The molecule has 0 aromatic heterocycles. The second-order valence-corrected chi connectivity index (χ2v) is 4.31. The summed E-state index contributed by atoms with van der Waals surface area (Å²) in [6.07, 6.45) is 10.9. The van der Waals surface area contributed by atoms with Gasteiger partial charge in [-0.25, -0.2) is 0 Å². The van der Waals surface area contributed by atoms with Crippen LogP contribution < -0.4 is 0 Å². The molecule has 2 rings (SSSR count). The van der Waals surface area contributed by atoms with Gasteiger partial charge in [0.05, 0.1) is 12.7 Å². The summed E-state index contributed by atoms with van der Waals surface area (Å²) in [4.78, 5) is 0. The Morgan fingerprint density at radius 1 is 1.54 bits per heavy atom. The van der Waals surface area contributed by atoms with Crippen molar-refractivity contribution in [1.82, 2.24) is 0 Å². The molecule has 1 heteroatoms. The molecule has 1 saturated heterocycles. The van der Waals surface area contributed by atoms with Crippen LogP contribution in [0.1, 0.15) is 45.4 Å². The van der Waals surface area contributed by atoms with Crippen molar-refractivity contribution in [2.24, 2.45) is 5.92 Å². The number of rotatable bonds is 3. The lowest BCUT2D eigenvalue weighted by atomic mass is 9.84. The zero-order valence-corrected chi connectivity index (χ0v) is 8.59. The summed E-state index contributed by atoms with van der Waals surface area (Å²) in [5.74, 6) is 0.792. The minimum absolute atomic E-state index is 0.562. The van der Waals surface area contributed by atoms with Crippen LogP contribution in [-0.4, -0.2) is 12.7 Å². The second kappa shape index (κ2) is 4.28. The molecule has 74 valence electrons. The number of ether oxygens (including phenoxy) is 1. The van der Waals surface area contributed by atoms with Gasteiger partial charge < -0.3 is 4.74 Å². The number of hydrogen-bond acceptors (Lipinski definition) is 1. The van der Waals surface area contributed by atoms with Crippen LogP contribution in [0.4, 0.5) is 0 Å². The van der Waals surface area contributed by atoms with Gasteiger partial charge >= 0.3 is 0 Å². The molecule has 0 bridgehead atoms. The average molecular weight is 180 g/mol. The molecule has 13 heavy (non-hydrogen) atoms. The Morgan fingerprint density at radius 3 is 3.31 bits per heavy atom. The largest absolute Gasteiger partial charge is 0.373 e. The summed E-state index contributed by atoms with van der Waals surface area (Å²) in [6.45, 7) is 3.19. The molecule has 0 aromatic carbocycles. The summed E-state index contributed by atoms with van der Waals surface area (Å²) in [6, 6.07) is 0. The van der Waals surface area contributed by atoms with Crippen LogP contribution in [0.25, 0.3) is 0 Å². The molecule has 1 nitrogen and oxygen atoms in total. The highest BCUT2D eigenvalue weighted by Crippen LogP contribution is 2.36. The van der Waals surface area contributed by atoms with Crippen molar-refractivity contribution in [3.63, 3.8) is 0 Å². The highest BCUT2D eigenvalue weighted by molar-refractivity contribution is 5.16. The predicted molar refractivity (Wildman–Crippen MR) is 54.7 cm³/mol. The Labute approximate surface area is 81.2 Å². The van der Waals surface area contributed by atoms with Gasteiger partial charge in [0.2, 0.25) is 0 Å². The number of hydrogen-bond donors (Lipinski definition) is 0. The maximum Gasteiger partial charge on any atom is 0.0684 e. The summed E-state index contributed by atoms with van der Waals surface area (Å²) in [5, 5.41) is 0. The highest BCUT2D eigenvalue weighted by atomic mass is 16.5. The first-order chi connectivity index (χ1) is 6.42. The number of unbranched alkanes of at least 4 members (excludes halogenated alkanes) is 1. The molecule has 0 N–H and O–H groups in total. The van der Waals surface area contributed by atoms with E-state index in [1.165, 1.54) is 38.5 Å². The van der Waals surface area contributed by atoms with Gasteiger partial charge in [0.25, 0.3) is 0 Å². The molecular weight excluding hydrogens is 160 g/mol. The third kappa shape index (κ3) is 1.96. The van der Waals surface area contributed by atoms with E-state index in [0.717, 1.165) is 12.5 Å². The average Bonchev–Trinajstić information content (AvgIpc) is 2.58. The van der Waals surface area contributed by atoms with Crippen LogP contribution in [0.2, 0.25) is 0 Å². The minimum atomic E-state index is 0.562. The monoisotopic (exact) mass is 180 g/mol. The summed E-state index contributed by atoms with van der Waals surface area (Å²) in [5.41, 5.74) is 1.60. The molecule has 0 aromatic rings. The summed E-state index contributed by atoms with van der Waals surface area (Å²) >= 11 is 0. The lowest BCUT2D eigenvalue weighted by Crippen LogP contribution is -2.18. The van der Waals surface area contributed by atoms with Gasteiger partial charge in [0.15, 0.2) is 0 Å². The molecule has 1 heterocycles. The zero-order valence-electron chi connectivity index (χ0n) is 8.59. The SMILES string of the molecule is CCCCC1OCC2=CCCCC21. The Hall–Kier alpha value is -0.300. The van der Waals surface area contributed by atoms with Gasteiger partial charge in [-0.3, -0.25) is 0 Å². The van der Waals surface area contributed by atoms with Gasteiger partial charge in [0, 0.05) is 5.92 Å². The molecular formula is C12H20O. The third-order valence-corrected chi connectivity index (χ3v) is 3.36. The van der Waals surface area contributed by atoms with E-state index in [4.69, 9.17) is 4.74 Å². The van der Waals surface area contributed by atoms with E-state index in [1.807, 2.05) is 0 Å². The molecule has 0 radical (unpaired) electrons. The molecule has 2 aliphatic rings. The van der Waals surface area contributed by atoms with E-state index >= 15 is 0 Å². The first-order valence-corrected chi connectivity index (χ1v) is 5.72. The maximum atomic E-state index is 5.83. The van der Waals surface area contributed by atoms with E-state index in [-0.39, 0.29) is 0 Å². The molecule has 0 amide bonds. The van der Waals surface area contributed by atoms with Crippen molar-refractivity contribution in [3.05, 3.63) is 11.6 Å². The van der Waals surface area contributed by atoms with Gasteiger partial charge in [0.1, 0.15) is 0 Å². The molecule has 1 aliphatic carbocycles. The van der Waals surface area contributed by atoms with E-state index in [2.05, 4.69) is 13.0 Å². The van der Waals surface area contributed by atoms with Gasteiger partial charge in [-0.1, -0.05) is 25.8 Å². The Balaban J connectivity index is 1.92. The van der Waals surface area contributed by atoms with Gasteiger partial charge in [-0.05, 0) is 31.3 Å². The third-order valence-electron chi connectivity index (χ3n) is 3.36. The zero-order chi connectivity index (χ0) is 9.10. The topological polar surface area (TPSA) is 9.23 Å². The maximum absolute atomic E-state index is 5.83. The van der Waals surface area contributed by atoms with Crippen LogP contribution in [0, 0.1) is 5.92 Å². The molecule has 1 fully saturated rings. The number of fused-ring (bicyclic) bond motifs is 1. The van der Waals surface area contributed by atoms with Gasteiger partial charge in [-0.15, -0.1) is 0 Å². The predicted octanol–water partition coefficient (Wildman–Crippen LogP) is 3.30. The highest BCUT2D eigenvalue weighted by Gasteiger charge is 2.32. The van der Waals surface area contributed by atoms with Crippen LogP contribution in [0.3, 0.4) is 0 Å². The van der Waals surface area contributed by atoms with Crippen LogP contribution in [0.15, 0.2) is 11.6 Å². The van der Waals surface area contributed by atoms with E-state index in [1.54, 1.807) is 5.57 Å². The lowest BCUT2D eigenvalue weighted by molar-refractivity contribution is 0.0794. The molecule has 2 atom stereocenters. The van der Waals surface area contributed by atoms with Crippen molar-refractivity contribution in [3.8, 4) is 0 Å². The first kappa shape index (κ1) is 9.26. The second-order valence-electron chi connectivity index (χ2n) is 4.31. The van der Waals surface area contributed by atoms with Crippen LogP contribution in [-0.2, 0) is 4.74 Å². The quantitative estimate of drug-likeness (QED) is 0.605. The molecule has 0 spiro atoms. The smallest absolute Gasteiger partial charge is 0.0684 e. The van der Waals surface area contributed by atoms with Crippen molar-refractivity contribution in [2.75, 3.05) is 6.61 Å². The fourth-order valence-corrected chi connectivity index (χ4v) is 2.56. The summed E-state index contributed by atoms with van der Waals surface area (Å²) < 4.78 is 5.83. The lowest BCUT2D eigenvalue weighted by Gasteiger charge is -2.21. The Morgan fingerprint density at radius 2 is 2.46 bits per heavy atom. The van der Waals surface area contributed by atoms with Crippen molar-refractivity contribution < 1.29 is 4.74 Å². The molecule has 1 aliphatic heterocycles. The summed E-state index contributed by atoms with van der Waals surface area (Å²) in [7, 11) is 0. The minimum Gasteiger partial charge on any atom is -0.373 e. The van der Waals surface area contributed by atoms with E-state index in [0.29, 0.717) is 6.10 Å². The van der Waals surface area contributed by atoms with Crippen LogP contribution >= 0.6 is 0 Å². The molecule has 2 unspecified atom stereocenters. The van der Waals surface area contributed by atoms with Crippen molar-refractivity contribution >= 4 is 0 Å².